The van der Waals surface area contributed by atoms with Gasteiger partial charge < -0.3 is 5.11 Å². The van der Waals surface area contributed by atoms with Gasteiger partial charge in [-0.1, -0.05) is 27.7 Å². The molecule has 1 atom stereocenters. The first-order valence-corrected chi connectivity index (χ1v) is 8.50. The molecule has 0 aromatic carbocycles. The minimum atomic E-state index is -3.76. The van der Waals surface area contributed by atoms with Gasteiger partial charge in [-0.15, -0.1) is 0 Å². The molecule has 0 amide bonds. The van der Waals surface area contributed by atoms with E-state index in [1.807, 2.05) is 27.7 Å². The molecule has 20 heavy (non-hydrogen) atoms. The van der Waals surface area contributed by atoms with E-state index >= 15 is 0 Å². The summed E-state index contributed by atoms with van der Waals surface area (Å²) < 4.78 is 28.0. The van der Waals surface area contributed by atoms with Crippen LogP contribution in [0.2, 0.25) is 0 Å². The number of hydrogen-bond acceptors (Lipinski definition) is 3. The van der Waals surface area contributed by atoms with Crippen LogP contribution in [0.1, 0.15) is 47.5 Å². The zero-order valence-corrected chi connectivity index (χ0v) is 13.9. The molecule has 0 aliphatic heterocycles. The Kier molecular flexibility index (Phi) is 8.30. The van der Waals surface area contributed by atoms with E-state index in [2.05, 4.69) is 4.72 Å². The predicted molar refractivity (Wildman–Crippen MR) is 79.6 cm³/mol. The van der Waals surface area contributed by atoms with Gasteiger partial charge in [-0.25, -0.2) is 0 Å². The van der Waals surface area contributed by atoms with Crippen molar-refractivity contribution in [3.63, 3.8) is 0 Å². The van der Waals surface area contributed by atoms with Crippen LogP contribution < -0.4 is 4.72 Å². The summed E-state index contributed by atoms with van der Waals surface area (Å²) in [7, 11) is -3.76. The van der Waals surface area contributed by atoms with Gasteiger partial charge in [0.2, 0.25) is 0 Å². The number of carboxylic acids is 1. The molecule has 0 saturated carbocycles. The van der Waals surface area contributed by atoms with E-state index < -0.39 is 22.2 Å². The minimum absolute atomic E-state index is 0.392. The Hall–Kier alpha value is -0.660. The number of hydrogen-bond donors (Lipinski definition) is 2. The van der Waals surface area contributed by atoms with Gasteiger partial charge in [0.1, 0.15) is 6.04 Å². The van der Waals surface area contributed by atoms with E-state index in [-0.39, 0.29) is 0 Å². The third-order valence-electron chi connectivity index (χ3n) is 2.95. The van der Waals surface area contributed by atoms with E-state index in [1.54, 1.807) is 0 Å². The number of aliphatic carboxylic acids is 1. The third-order valence-corrected chi connectivity index (χ3v) is 4.64. The summed E-state index contributed by atoms with van der Waals surface area (Å²) in [5.41, 5.74) is 0. The fourth-order valence-corrected chi connectivity index (χ4v) is 2.89. The van der Waals surface area contributed by atoms with Crippen molar-refractivity contribution < 1.29 is 18.3 Å². The van der Waals surface area contributed by atoms with E-state index in [9.17, 15) is 13.2 Å². The van der Waals surface area contributed by atoms with Crippen molar-refractivity contribution in [3.05, 3.63) is 0 Å². The summed E-state index contributed by atoms with van der Waals surface area (Å²) in [5, 5.41) is 8.82. The van der Waals surface area contributed by atoms with Crippen molar-refractivity contribution in [2.24, 2.45) is 11.8 Å². The Morgan fingerprint density at radius 3 is 1.75 bits per heavy atom. The summed E-state index contributed by atoms with van der Waals surface area (Å²) in [6, 6.07) is -1.12. The quantitative estimate of drug-likeness (QED) is 0.643. The van der Waals surface area contributed by atoms with Crippen LogP contribution in [0.25, 0.3) is 0 Å². The molecular weight excluding hydrogens is 280 g/mol. The fourth-order valence-electron chi connectivity index (χ4n) is 1.50. The topological polar surface area (TPSA) is 86.7 Å². The molecule has 0 aliphatic rings. The Morgan fingerprint density at radius 1 is 1.05 bits per heavy atom. The number of nitrogens with zero attached hydrogens (tertiary/aromatic N) is 1. The van der Waals surface area contributed by atoms with Gasteiger partial charge in [0.25, 0.3) is 10.2 Å². The van der Waals surface area contributed by atoms with Gasteiger partial charge in [0, 0.05) is 13.1 Å². The van der Waals surface area contributed by atoms with Gasteiger partial charge in [0.05, 0.1) is 0 Å². The van der Waals surface area contributed by atoms with E-state index in [0.29, 0.717) is 24.9 Å². The zero-order valence-electron chi connectivity index (χ0n) is 13.1. The zero-order chi connectivity index (χ0) is 15.9. The SMILES string of the molecule is CC(C)CCN(CCC(C)C)S(=O)(=O)N[C@H](C)C(=O)O. The summed E-state index contributed by atoms with van der Waals surface area (Å²) in [6.07, 6.45) is 1.50. The molecule has 0 bridgehead atoms. The number of nitrogens with one attached hydrogen (secondary N) is 1. The lowest BCUT2D eigenvalue weighted by Gasteiger charge is -2.25. The predicted octanol–water partition coefficient (Wildman–Crippen LogP) is 1.69. The van der Waals surface area contributed by atoms with Crippen molar-refractivity contribution in [2.75, 3.05) is 13.1 Å². The van der Waals surface area contributed by atoms with Crippen LogP contribution in [0.4, 0.5) is 0 Å². The largest absolute Gasteiger partial charge is 0.480 e. The van der Waals surface area contributed by atoms with Crippen LogP contribution in [0.5, 0.6) is 0 Å². The van der Waals surface area contributed by atoms with E-state index in [0.717, 1.165) is 12.8 Å². The molecule has 0 saturated heterocycles. The summed E-state index contributed by atoms with van der Waals surface area (Å²) in [6.45, 7) is 10.3. The molecule has 0 aliphatic carbocycles. The lowest BCUT2D eigenvalue weighted by Crippen LogP contribution is -2.48. The number of rotatable bonds is 10. The highest BCUT2D eigenvalue weighted by Crippen LogP contribution is 2.10. The molecule has 7 heteroatoms. The van der Waals surface area contributed by atoms with Gasteiger partial charge in [0.15, 0.2) is 0 Å². The molecule has 0 radical (unpaired) electrons. The monoisotopic (exact) mass is 308 g/mol. The minimum Gasteiger partial charge on any atom is -0.480 e. The van der Waals surface area contributed by atoms with E-state index in [4.69, 9.17) is 5.11 Å². The molecule has 0 aromatic heterocycles. The van der Waals surface area contributed by atoms with Crippen molar-refractivity contribution in [2.45, 2.75) is 53.5 Å². The average Bonchev–Trinajstić information content (AvgIpc) is 2.26. The highest BCUT2D eigenvalue weighted by atomic mass is 32.2. The van der Waals surface area contributed by atoms with Crippen molar-refractivity contribution in [1.82, 2.24) is 9.03 Å². The van der Waals surface area contributed by atoms with E-state index in [1.165, 1.54) is 11.2 Å². The molecule has 0 fully saturated rings. The first kappa shape index (κ1) is 19.3. The fraction of sp³-hybridized carbons (Fsp3) is 0.923. The molecule has 0 unspecified atom stereocenters. The van der Waals surface area contributed by atoms with Crippen LogP contribution in [0, 0.1) is 11.8 Å². The lowest BCUT2D eigenvalue weighted by atomic mass is 10.1. The van der Waals surface area contributed by atoms with Gasteiger partial charge >= 0.3 is 5.97 Å². The maximum absolute atomic E-state index is 12.2. The highest BCUT2D eigenvalue weighted by Gasteiger charge is 2.26. The smallest absolute Gasteiger partial charge is 0.321 e. The summed E-state index contributed by atoms with van der Waals surface area (Å²) >= 11 is 0. The van der Waals surface area contributed by atoms with Crippen molar-refractivity contribution in [3.8, 4) is 0 Å². The Balaban J connectivity index is 4.82. The number of carboxylic acid groups (broad SMARTS) is 1. The van der Waals surface area contributed by atoms with Gasteiger partial charge in [-0.05, 0) is 31.6 Å². The Morgan fingerprint density at radius 2 is 1.45 bits per heavy atom. The van der Waals surface area contributed by atoms with Crippen LogP contribution >= 0.6 is 0 Å². The second kappa shape index (κ2) is 8.59. The normalized spacial score (nSPS) is 14.2. The maximum Gasteiger partial charge on any atom is 0.321 e. The van der Waals surface area contributed by atoms with Crippen LogP contribution in [-0.4, -0.2) is 42.9 Å². The molecule has 0 spiro atoms. The molecule has 6 nitrogen and oxygen atoms in total. The molecule has 0 rings (SSSR count). The molecule has 120 valence electrons. The third kappa shape index (κ3) is 7.81. The van der Waals surface area contributed by atoms with Gasteiger partial charge in [-0.2, -0.15) is 17.4 Å². The number of carbonyl (C=O) groups is 1. The summed E-state index contributed by atoms with van der Waals surface area (Å²) in [5.74, 6) is -0.395. The first-order chi connectivity index (χ1) is 9.06. The standard InChI is InChI=1S/C13H28N2O4S/c1-10(2)6-8-15(9-7-11(3)4)20(18,19)14-12(5)13(16)17/h10-12,14H,6-9H2,1-5H3,(H,16,17)/t12-/m1/s1. The van der Waals surface area contributed by atoms with Crippen LogP contribution in [0.15, 0.2) is 0 Å². The van der Waals surface area contributed by atoms with Crippen molar-refractivity contribution in [1.29, 1.82) is 0 Å². The first-order valence-electron chi connectivity index (χ1n) is 7.06. The molecule has 0 heterocycles. The summed E-state index contributed by atoms with van der Waals surface area (Å²) in [4.78, 5) is 10.8. The van der Waals surface area contributed by atoms with Crippen LogP contribution in [0.3, 0.4) is 0 Å². The Bertz CT molecular complexity index is 381. The molecular formula is C13H28N2O4S. The average molecular weight is 308 g/mol. The highest BCUT2D eigenvalue weighted by molar-refractivity contribution is 7.87. The second-order valence-corrected chi connectivity index (χ2v) is 7.65. The molecule has 2 N–H and O–H groups in total. The molecule has 0 aromatic rings. The second-order valence-electron chi connectivity index (χ2n) is 5.95. The van der Waals surface area contributed by atoms with Gasteiger partial charge in [-0.3, -0.25) is 4.79 Å². The van der Waals surface area contributed by atoms with Crippen LogP contribution in [-0.2, 0) is 15.0 Å². The maximum atomic E-state index is 12.2. The van der Waals surface area contributed by atoms with Crippen molar-refractivity contribution >= 4 is 16.2 Å². The lowest BCUT2D eigenvalue weighted by molar-refractivity contribution is -0.138. The Labute approximate surface area is 122 Å².